The second-order valence-corrected chi connectivity index (χ2v) is 3.61. The summed E-state index contributed by atoms with van der Waals surface area (Å²) in [6.45, 7) is 8.68. The van der Waals surface area contributed by atoms with E-state index in [1.807, 2.05) is 6.08 Å². The largest absolute Gasteiger partial charge is 4.00 e. The second-order valence-electron chi connectivity index (χ2n) is 3.61. The van der Waals surface area contributed by atoms with Crippen LogP contribution < -0.4 is 24.8 Å². The standard InChI is InChI=1S/C9H13.C5H3.2ClH.Zr/c1-6-5-7(2)9(4)8(6)3;1-2-4-5-3-1;;;/h5H,1-4H3;1H,2H2;2*1H;/q2*-1;;;+4/p-2. The second kappa shape index (κ2) is 11.2. The summed E-state index contributed by atoms with van der Waals surface area (Å²) >= 11 is 0. The van der Waals surface area contributed by atoms with Gasteiger partial charge >= 0.3 is 26.2 Å². The molecule has 0 fully saturated rings. The molecule has 0 atom stereocenters. The molecule has 0 saturated carbocycles. The van der Waals surface area contributed by atoms with E-state index in [1.54, 1.807) is 0 Å². The van der Waals surface area contributed by atoms with Crippen LogP contribution in [0.1, 0.15) is 28.7 Å². The Kier molecular flexibility index (Phi) is 14.7. The van der Waals surface area contributed by atoms with Gasteiger partial charge in [0.25, 0.3) is 0 Å². The van der Waals surface area contributed by atoms with E-state index in [2.05, 4.69) is 51.3 Å². The molecule has 1 aromatic carbocycles. The summed E-state index contributed by atoms with van der Waals surface area (Å²) in [6, 6.07) is 2.24. The molecule has 0 nitrogen and oxygen atoms in total. The zero-order valence-electron chi connectivity index (χ0n) is 10.6. The number of rotatable bonds is 0. The summed E-state index contributed by atoms with van der Waals surface area (Å²) in [4.78, 5) is 0. The molecule has 1 aromatic rings. The first kappa shape index (κ1) is 22.3. The van der Waals surface area contributed by atoms with Gasteiger partial charge in [0.1, 0.15) is 0 Å². The monoisotopic (exact) mass is 344 g/mol. The van der Waals surface area contributed by atoms with Crippen molar-refractivity contribution in [3.63, 3.8) is 0 Å². The van der Waals surface area contributed by atoms with Crippen molar-refractivity contribution in [3.8, 4) is 0 Å². The van der Waals surface area contributed by atoms with Crippen molar-refractivity contribution in [2.75, 3.05) is 0 Å². The van der Waals surface area contributed by atoms with Gasteiger partial charge in [-0.25, -0.2) is 6.08 Å². The Morgan fingerprint density at radius 3 is 1.94 bits per heavy atom. The van der Waals surface area contributed by atoms with Crippen LogP contribution in [0, 0.1) is 33.8 Å². The first-order valence-corrected chi connectivity index (χ1v) is 4.88. The quantitative estimate of drug-likeness (QED) is 0.366. The van der Waals surface area contributed by atoms with Gasteiger partial charge < -0.3 is 36.3 Å². The van der Waals surface area contributed by atoms with Crippen molar-refractivity contribution in [2.24, 2.45) is 0 Å². The van der Waals surface area contributed by atoms with Crippen LogP contribution >= 0.6 is 0 Å². The Balaban J connectivity index is -0.000000216. The summed E-state index contributed by atoms with van der Waals surface area (Å²) in [6.07, 6.45) is 5.60. The SMILES string of the molecule is C1=C=CC[C-]=1.Cc1c[c-](C)c(C)c1C.[Cl-].[Cl-].[Zr+4]. The van der Waals surface area contributed by atoms with E-state index in [1.165, 1.54) is 22.3 Å². The average molecular weight is 346 g/mol. The Morgan fingerprint density at radius 1 is 1.24 bits per heavy atom. The van der Waals surface area contributed by atoms with E-state index >= 15 is 0 Å². The fourth-order valence-electron chi connectivity index (χ4n) is 1.39. The molecule has 0 radical (unpaired) electrons. The zero-order valence-corrected chi connectivity index (χ0v) is 14.6. The summed E-state index contributed by atoms with van der Waals surface area (Å²) in [5, 5.41) is 0. The molecular weight excluding hydrogens is 330 g/mol. The van der Waals surface area contributed by atoms with Gasteiger partial charge in [-0.05, 0) is 0 Å². The first-order valence-electron chi connectivity index (χ1n) is 4.88. The molecule has 0 unspecified atom stereocenters. The van der Waals surface area contributed by atoms with E-state index in [4.69, 9.17) is 0 Å². The van der Waals surface area contributed by atoms with E-state index in [-0.39, 0.29) is 51.0 Å². The van der Waals surface area contributed by atoms with Crippen molar-refractivity contribution < 1.29 is 51.0 Å². The third kappa shape index (κ3) is 7.20. The topological polar surface area (TPSA) is 0 Å². The zero-order chi connectivity index (χ0) is 10.6. The first-order chi connectivity index (χ1) is 6.63. The minimum atomic E-state index is 0. The van der Waals surface area contributed by atoms with Gasteiger partial charge in [0.15, 0.2) is 0 Å². The Hall–Kier alpha value is 0.113. The van der Waals surface area contributed by atoms with Crippen molar-refractivity contribution >= 4 is 0 Å². The maximum Gasteiger partial charge on any atom is 4.00 e. The van der Waals surface area contributed by atoms with Crippen LogP contribution in [-0.2, 0) is 26.2 Å². The molecule has 0 heterocycles. The van der Waals surface area contributed by atoms with Gasteiger partial charge in [0.05, 0.1) is 0 Å². The van der Waals surface area contributed by atoms with Crippen molar-refractivity contribution in [3.05, 3.63) is 51.9 Å². The maximum atomic E-state index is 2.81. The van der Waals surface area contributed by atoms with E-state index in [9.17, 15) is 0 Å². The van der Waals surface area contributed by atoms with Crippen molar-refractivity contribution in [1.82, 2.24) is 0 Å². The number of halogens is 2. The molecule has 3 heteroatoms. The maximum absolute atomic E-state index is 2.81. The molecule has 0 saturated heterocycles. The van der Waals surface area contributed by atoms with Crippen LogP contribution in [0.25, 0.3) is 0 Å². The minimum Gasteiger partial charge on any atom is -1.00 e. The number of hydrogen-bond acceptors (Lipinski definition) is 0. The molecule has 0 bridgehead atoms. The number of hydrogen-bond donors (Lipinski definition) is 0. The van der Waals surface area contributed by atoms with E-state index in [0.717, 1.165) is 6.42 Å². The van der Waals surface area contributed by atoms with Crippen molar-refractivity contribution in [1.29, 1.82) is 0 Å². The van der Waals surface area contributed by atoms with E-state index < -0.39 is 0 Å². The average Bonchev–Trinajstić information content (AvgIpc) is 2.78. The van der Waals surface area contributed by atoms with Gasteiger partial charge in [-0.1, -0.05) is 34.1 Å². The van der Waals surface area contributed by atoms with Crippen LogP contribution in [0.3, 0.4) is 0 Å². The van der Waals surface area contributed by atoms with Crippen LogP contribution in [0.4, 0.5) is 0 Å². The van der Waals surface area contributed by atoms with Gasteiger partial charge in [0.2, 0.25) is 0 Å². The molecule has 1 aliphatic carbocycles. The molecule has 0 amide bonds. The normalized spacial score (nSPS) is 9.65. The minimum absolute atomic E-state index is 0. The molecule has 0 aliphatic heterocycles. The molecule has 90 valence electrons. The Morgan fingerprint density at radius 2 is 1.82 bits per heavy atom. The number of aryl methyl sites for hydroxylation is 2. The van der Waals surface area contributed by atoms with Crippen LogP contribution in [0.2, 0.25) is 0 Å². The van der Waals surface area contributed by atoms with Crippen LogP contribution in [0.5, 0.6) is 0 Å². The molecule has 2 rings (SSSR count). The fourth-order valence-corrected chi connectivity index (χ4v) is 1.39. The van der Waals surface area contributed by atoms with Gasteiger partial charge in [-0.15, -0.1) is 6.08 Å². The van der Waals surface area contributed by atoms with Crippen molar-refractivity contribution in [2.45, 2.75) is 34.1 Å². The van der Waals surface area contributed by atoms with Gasteiger partial charge in [-0.2, -0.15) is 28.3 Å². The summed E-state index contributed by atoms with van der Waals surface area (Å²) in [7, 11) is 0. The smallest absolute Gasteiger partial charge is 1.00 e. The van der Waals surface area contributed by atoms with Gasteiger partial charge in [-0.3, -0.25) is 0 Å². The van der Waals surface area contributed by atoms with Gasteiger partial charge in [0, 0.05) is 0 Å². The summed E-state index contributed by atoms with van der Waals surface area (Å²) in [5.74, 6) is 0. The summed E-state index contributed by atoms with van der Waals surface area (Å²) in [5.41, 5.74) is 11.1. The molecule has 0 spiro atoms. The molecule has 0 aromatic heterocycles. The molecule has 17 heavy (non-hydrogen) atoms. The number of allylic oxidation sites excluding steroid dienone is 2. The van der Waals surface area contributed by atoms with Crippen LogP contribution in [0.15, 0.2) is 23.6 Å². The summed E-state index contributed by atoms with van der Waals surface area (Å²) < 4.78 is 0. The third-order valence-corrected chi connectivity index (χ3v) is 2.65. The van der Waals surface area contributed by atoms with E-state index in [0.29, 0.717) is 0 Å². The third-order valence-electron chi connectivity index (χ3n) is 2.65. The predicted molar refractivity (Wildman–Crippen MR) is 60.4 cm³/mol. The van der Waals surface area contributed by atoms with Crippen LogP contribution in [-0.4, -0.2) is 0 Å². The Bertz CT molecular complexity index is 381. The molecule has 1 aliphatic rings. The fraction of sp³-hybridized carbons (Fsp3) is 0.357. The molecule has 0 N–H and O–H groups in total. The molecular formula is C14H16Cl2Zr. The Labute approximate surface area is 136 Å². The predicted octanol–water partition coefficient (Wildman–Crippen LogP) is -2.30.